The molecule has 1 spiro atoms. The number of nitrogens with zero attached hydrogens (tertiary/aromatic N) is 6. The number of methoxy groups -OCH3 is 1. The van der Waals surface area contributed by atoms with Gasteiger partial charge < -0.3 is 9.64 Å². The molecule has 1 aliphatic carbocycles. The number of aromatic nitrogens is 5. The molecule has 6 rings (SSSR count). The van der Waals surface area contributed by atoms with Crippen LogP contribution < -0.4 is 9.64 Å². The topological polar surface area (TPSA) is 60.5 Å². The van der Waals surface area contributed by atoms with E-state index < -0.39 is 0 Å². The molecule has 2 aliphatic rings. The molecule has 4 heterocycles. The molecule has 3 aromatic heterocycles. The van der Waals surface area contributed by atoms with Gasteiger partial charge in [-0.3, -0.25) is 4.68 Å². The lowest BCUT2D eigenvalue weighted by molar-refractivity contribution is 0.232. The van der Waals surface area contributed by atoms with E-state index in [1.165, 1.54) is 30.4 Å². The highest BCUT2D eigenvalue weighted by Crippen LogP contribution is 2.46. The quantitative estimate of drug-likeness (QED) is 0.448. The first kappa shape index (κ1) is 21.2. The molecule has 0 radical (unpaired) electrons. The third kappa shape index (κ3) is 3.21. The minimum atomic E-state index is 0.364. The number of fused-ring (bicyclic) bond motifs is 2. The Morgan fingerprint density at radius 2 is 1.82 bits per heavy atom. The number of rotatable bonds is 4. The number of benzene rings is 1. The number of piperidine rings is 1. The van der Waals surface area contributed by atoms with Crippen molar-refractivity contribution in [3.05, 3.63) is 59.2 Å². The fourth-order valence-electron chi connectivity index (χ4n) is 6.10. The van der Waals surface area contributed by atoms with Crippen molar-refractivity contribution in [2.24, 2.45) is 5.41 Å². The molecule has 0 amide bonds. The lowest BCUT2D eigenvalue weighted by atomic mass is 9.76. The maximum Gasteiger partial charge on any atom is 0.155 e. The largest absolute Gasteiger partial charge is 0.497 e. The first-order chi connectivity index (χ1) is 16.5. The zero-order valence-electron chi connectivity index (χ0n) is 20.5. The van der Waals surface area contributed by atoms with Crippen LogP contribution in [0, 0.1) is 19.3 Å². The fraction of sp³-hybridized carbons (Fsp3) is 0.444. The van der Waals surface area contributed by atoms with Crippen molar-refractivity contribution in [3.63, 3.8) is 0 Å². The molecule has 176 valence electrons. The van der Waals surface area contributed by atoms with Gasteiger partial charge >= 0.3 is 0 Å². The molecule has 1 aliphatic heterocycles. The first-order valence-corrected chi connectivity index (χ1v) is 12.3. The molecule has 1 saturated heterocycles. The number of hydrogen-bond donors (Lipinski definition) is 0. The molecule has 1 fully saturated rings. The summed E-state index contributed by atoms with van der Waals surface area (Å²) in [5.74, 6) is 2.02. The Balaban J connectivity index is 1.29. The molecule has 0 unspecified atom stereocenters. The third-order valence-electron chi connectivity index (χ3n) is 8.03. The van der Waals surface area contributed by atoms with Crippen LogP contribution in [0.15, 0.2) is 36.7 Å². The smallest absolute Gasteiger partial charge is 0.155 e. The van der Waals surface area contributed by atoms with Crippen LogP contribution in [-0.4, -0.2) is 44.6 Å². The predicted molar refractivity (Wildman–Crippen MR) is 134 cm³/mol. The molecule has 0 N–H and O–H groups in total. The molecule has 7 nitrogen and oxygen atoms in total. The van der Waals surface area contributed by atoms with E-state index in [9.17, 15) is 0 Å². The first-order valence-electron chi connectivity index (χ1n) is 12.3. The molecule has 1 aromatic carbocycles. The molecular formula is C27H32N6O. The van der Waals surface area contributed by atoms with Crippen LogP contribution in [0.2, 0.25) is 0 Å². The number of ether oxygens (including phenoxy) is 1. The second-order valence-electron chi connectivity index (χ2n) is 9.93. The van der Waals surface area contributed by atoms with E-state index in [0.717, 1.165) is 65.8 Å². The fourth-order valence-corrected chi connectivity index (χ4v) is 6.10. The van der Waals surface area contributed by atoms with Gasteiger partial charge in [-0.15, -0.1) is 0 Å². The summed E-state index contributed by atoms with van der Waals surface area (Å²) >= 11 is 0. The van der Waals surface area contributed by atoms with E-state index >= 15 is 0 Å². The van der Waals surface area contributed by atoms with E-state index in [1.54, 1.807) is 7.11 Å². The lowest BCUT2D eigenvalue weighted by Gasteiger charge is -2.40. The summed E-state index contributed by atoms with van der Waals surface area (Å²) in [5.41, 5.74) is 8.67. The monoisotopic (exact) mass is 456 g/mol. The normalized spacial score (nSPS) is 17.0. The summed E-state index contributed by atoms with van der Waals surface area (Å²) in [6, 6.07) is 8.69. The zero-order valence-corrected chi connectivity index (χ0v) is 20.5. The van der Waals surface area contributed by atoms with Crippen molar-refractivity contribution in [1.29, 1.82) is 0 Å². The van der Waals surface area contributed by atoms with Gasteiger partial charge in [0.25, 0.3) is 0 Å². The molecule has 34 heavy (non-hydrogen) atoms. The van der Waals surface area contributed by atoms with Gasteiger partial charge in [-0.05, 0) is 81.2 Å². The second kappa shape index (κ2) is 7.86. The summed E-state index contributed by atoms with van der Waals surface area (Å²) in [6.07, 6.45) is 8.51. The summed E-state index contributed by atoms with van der Waals surface area (Å²) in [5, 5.41) is 9.26. The second-order valence-corrected chi connectivity index (χ2v) is 9.93. The van der Waals surface area contributed by atoms with E-state index in [2.05, 4.69) is 59.6 Å². The standard InChI is InChI=1S/C27H32N6O/c1-5-32-19(3)23(17-29-32)25-18(2)30-26(24-8-11-28-33(24)25)31-12-9-27(10-13-31)15-20-6-7-22(34-4)14-21(20)16-27/h6-8,11,14,17H,5,9-10,12-13,15-16H2,1-4H3. The van der Waals surface area contributed by atoms with Crippen LogP contribution in [0.5, 0.6) is 5.75 Å². The minimum absolute atomic E-state index is 0.364. The van der Waals surface area contributed by atoms with Crippen molar-refractivity contribution in [1.82, 2.24) is 24.4 Å². The van der Waals surface area contributed by atoms with Crippen molar-refractivity contribution in [3.8, 4) is 17.0 Å². The number of hydrogen-bond acceptors (Lipinski definition) is 5. The third-order valence-corrected chi connectivity index (χ3v) is 8.03. The van der Waals surface area contributed by atoms with E-state index in [-0.39, 0.29) is 0 Å². The van der Waals surface area contributed by atoms with Crippen molar-refractivity contribution < 1.29 is 4.74 Å². The van der Waals surface area contributed by atoms with Crippen LogP contribution in [0.1, 0.15) is 42.3 Å². The van der Waals surface area contributed by atoms with Gasteiger partial charge in [-0.2, -0.15) is 10.2 Å². The van der Waals surface area contributed by atoms with Crippen molar-refractivity contribution in [2.45, 2.75) is 53.0 Å². The van der Waals surface area contributed by atoms with Crippen molar-refractivity contribution >= 4 is 11.3 Å². The van der Waals surface area contributed by atoms with Gasteiger partial charge in [-0.25, -0.2) is 9.50 Å². The van der Waals surface area contributed by atoms with Gasteiger partial charge in [0.05, 0.1) is 30.9 Å². The van der Waals surface area contributed by atoms with Crippen LogP contribution >= 0.6 is 0 Å². The van der Waals surface area contributed by atoms with Crippen molar-refractivity contribution in [2.75, 3.05) is 25.1 Å². The Hall–Kier alpha value is -3.35. The maximum atomic E-state index is 5.46. The lowest BCUT2D eigenvalue weighted by Crippen LogP contribution is -2.41. The van der Waals surface area contributed by atoms with E-state index in [0.29, 0.717) is 5.41 Å². The Morgan fingerprint density at radius 3 is 2.56 bits per heavy atom. The van der Waals surface area contributed by atoms with Crippen LogP contribution in [-0.2, 0) is 19.4 Å². The molecule has 0 atom stereocenters. The number of anilines is 1. The van der Waals surface area contributed by atoms with E-state index in [4.69, 9.17) is 14.8 Å². The Labute approximate surface area is 200 Å². The summed E-state index contributed by atoms with van der Waals surface area (Å²) in [6.45, 7) is 9.22. The summed E-state index contributed by atoms with van der Waals surface area (Å²) < 4.78 is 9.55. The van der Waals surface area contributed by atoms with Crippen LogP contribution in [0.25, 0.3) is 16.8 Å². The zero-order chi connectivity index (χ0) is 23.4. The minimum Gasteiger partial charge on any atom is -0.497 e. The maximum absolute atomic E-state index is 5.46. The molecular weight excluding hydrogens is 424 g/mol. The number of aryl methyl sites for hydroxylation is 2. The van der Waals surface area contributed by atoms with Gasteiger partial charge in [-0.1, -0.05) is 6.07 Å². The Kier molecular flexibility index (Phi) is 4.90. The summed E-state index contributed by atoms with van der Waals surface area (Å²) in [4.78, 5) is 7.60. The molecule has 7 heteroatoms. The molecule has 4 aromatic rings. The average molecular weight is 457 g/mol. The Morgan fingerprint density at radius 1 is 1.03 bits per heavy atom. The Bertz CT molecular complexity index is 1380. The van der Waals surface area contributed by atoms with Gasteiger partial charge in [0, 0.05) is 30.9 Å². The van der Waals surface area contributed by atoms with E-state index in [1.807, 2.05) is 17.1 Å². The molecule has 0 saturated carbocycles. The highest BCUT2D eigenvalue weighted by atomic mass is 16.5. The highest BCUT2D eigenvalue weighted by molar-refractivity contribution is 5.76. The van der Waals surface area contributed by atoms with Gasteiger partial charge in [0.1, 0.15) is 11.3 Å². The SMILES string of the molecule is CCn1ncc(-c2c(C)nc(N3CCC4(CC3)Cc3ccc(OC)cc3C4)c3ccnn23)c1C. The predicted octanol–water partition coefficient (Wildman–Crippen LogP) is 4.62. The average Bonchev–Trinajstić information content (AvgIpc) is 3.56. The van der Waals surface area contributed by atoms with Crippen LogP contribution in [0.3, 0.4) is 0 Å². The highest BCUT2D eigenvalue weighted by Gasteiger charge is 2.40. The van der Waals surface area contributed by atoms with Crippen LogP contribution in [0.4, 0.5) is 5.82 Å². The van der Waals surface area contributed by atoms with Gasteiger partial charge in [0.2, 0.25) is 0 Å². The summed E-state index contributed by atoms with van der Waals surface area (Å²) in [7, 11) is 1.75. The van der Waals surface area contributed by atoms with Gasteiger partial charge in [0.15, 0.2) is 5.82 Å². The molecule has 0 bridgehead atoms.